The van der Waals surface area contributed by atoms with Gasteiger partial charge in [-0.3, -0.25) is 4.90 Å². The summed E-state index contributed by atoms with van der Waals surface area (Å²) in [5.74, 6) is 1.40. The fourth-order valence-corrected chi connectivity index (χ4v) is 3.33. The smallest absolute Gasteiger partial charge is 0.354 e. The van der Waals surface area contributed by atoms with Crippen LogP contribution in [0.4, 0.5) is 19.0 Å². The largest absolute Gasteiger partial charge is 0.417 e. The minimum absolute atomic E-state index is 0.561. The lowest BCUT2D eigenvalue weighted by molar-refractivity contribution is -0.137. The van der Waals surface area contributed by atoms with E-state index >= 15 is 0 Å². The van der Waals surface area contributed by atoms with Crippen LogP contribution in [0.1, 0.15) is 11.4 Å². The molecule has 146 valence electrons. The molecule has 27 heavy (non-hydrogen) atoms. The molecule has 2 aromatic rings. The number of rotatable bonds is 5. The van der Waals surface area contributed by atoms with Gasteiger partial charge in [0.25, 0.3) is 0 Å². The second-order valence-electron chi connectivity index (χ2n) is 6.38. The molecule has 0 aliphatic carbocycles. The highest BCUT2D eigenvalue weighted by Crippen LogP contribution is 2.29. The lowest BCUT2D eigenvalue weighted by Gasteiger charge is -2.35. The van der Waals surface area contributed by atoms with Crippen molar-refractivity contribution in [2.24, 2.45) is 0 Å². The highest BCUT2D eigenvalue weighted by atomic mass is 32.1. The molecule has 1 saturated heterocycles. The summed E-state index contributed by atoms with van der Waals surface area (Å²) in [6.45, 7) is 9.69. The number of piperazine rings is 1. The summed E-state index contributed by atoms with van der Waals surface area (Å²) < 4.78 is 42.3. The molecule has 0 amide bonds. The van der Waals surface area contributed by atoms with Crippen LogP contribution in [0.15, 0.2) is 31.0 Å². The van der Waals surface area contributed by atoms with Crippen molar-refractivity contribution in [3.8, 4) is 0 Å². The summed E-state index contributed by atoms with van der Waals surface area (Å²) in [5, 5.41) is 4.49. The Morgan fingerprint density at radius 1 is 1.22 bits per heavy atom. The van der Waals surface area contributed by atoms with Gasteiger partial charge in [0, 0.05) is 38.9 Å². The number of hydrogen-bond donors (Lipinski definition) is 0. The monoisotopic (exact) mass is 398 g/mol. The molecule has 0 atom stereocenters. The van der Waals surface area contributed by atoms with Gasteiger partial charge in [0.1, 0.15) is 11.6 Å². The van der Waals surface area contributed by atoms with Gasteiger partial charge in [0.15, 0.2) is 4.77 Å². The van der Waals surface area contributed by atoms with Crippen molar-refractivity contribution < 1.29 is 13.2 Å². The normalized spacial score (nSPS) is 15.9. The number of aromatic nitrogens is 4. The van der Waals surface area contributed by atoms with E-state index in [9.17, 15) is 13.2 Å². The molecule has 0 N–H and O–H groups in total. The predicted octanol–water partition coefficient (Wildman–Crippen LogP) is 3.10. The number of halogens is 3. The first-order valence-corrected chi connectivity index (χ1v) is 8.96. The first kappa shape index (κ1) is 19.6. The quantitative estimate of drug-likeness (QED) is 0.572. The molecule has 3 heterocycles. The second-order valence-corrected chi connectivity index (χ2v) is 6.74. The van der Waals surface area contributed by atoms with Gasteiger partial charge in [0.2, 0.25) is 0 Å². The molecule has 0 aromatic carbocycles. The number of nitrogens with zero attached hydrogens (tertiary/aromatic N) is 6. The summed E-state index contributed by atoms with van der Waals surface area (Å²) in [7, 11) is 0. The van der Waals surface area contributed by atoms with Crippen molar-refractivity contribution >= 4 is 18.0 Å². The molecular formula is C17H21F3N6S. The molecule has 0 bridgehead atoms. The van der Waals surface area contributed by atoms with Crippen LogP contribution in [0.2, 0.25) is 0 Å². The number of hydrogen-bond acceptors (Lipinski definition) is 5. The van der Waals surface area contributed by atoms with Gasteiger partial charge < -0.3 is 9.47 Å². The molecule has 0 unspecified atom stereocenters. The molecule has 10 heteroatoms. The van der Waals surface area contributed by atoms with Crippen molar-refractivity contribution in [3.63, 3.8) is 0 Å². The third kappa shape index (κ3) is 4.38. The minimum Gasteiger partial charge on any atom is -0.354 e. The van der Waals surface area contributed by atoms with Gasteiger partial charge in [-0.2, -0.15) is 18.3 Å². The Morgan fingerprint density at radius 2 is 1.93 bits per heavy atom. The lowest BCUT2D eigenvalue weighted by Crippen LogP contribution is -2.47. The van der Waals surface area contributed by atoms with E-state index in [-0.39, 0.29) is 0 Å². The van der Waals surface area contributed by atoms with Gasteiger partial charge in [0.05, 0.1) is 12.2 Å². The summed E-state index contributed by atoms with van der Waals surface area (Å²) in [6, 6.07) is 2.50. The Morgan fingerprint density at radius 3 is 2.48 bits per heavy atom. The number of anilines is 1. The van der Waals surface area contributed by atoms with Crippen LogP contribution in [-0.4, -0.2) is 50.4 Å². The molecule has 1 fully saturated rings. The molecule has 0 radical (unpaired) electrons. The van der Waals surface area contributed by atoms with Crippen molar-refractivity contribution in [1.82, 2.24) is 24.2 Å². The average molecular weight is 398 g/mol. The first-order chi connectivity index (χ1) is 12.8. The van der Waals surface area contributed by atoms with E-state index in [1.165, 1.54) is 6.07 Å². The van der Waals surface area contributed by atoms with Crippen LogP contribution in [0, 0.1) is 11.7 Å². The lowest BCUT2D eigenvalue weighted by atomic mass is 10.2. The molecule has 2 aromatic heterocycles. The third-order valence-corrected chi connectivity index (χ3v) is 4.96. The standard InChI is InChI=1S/C17H21F3N6S/c1-3-6-25-13(2)22-26(16(25)27)12-23-7-9-24(10-8-23)15-5-4-14(11-21-15)17(18,19)20/h3-5,11H,1,6-10,12H2,2H3. The average Bonchev–Trinajstić information content (AvgIpc) is 2.90. The molecular weight excluding hydrogens is 377 g/mol. The molecule has 1 aliphatic rings. The van der Waals surface area contributed by atoms with E-state index < -0.39 is 11.7 Å². The van der Waals surface area contributed by atoms with Crippen LogP contribution in [0.3, 0.4) is 0 Å². The van der Waals surface area contributed by atoms with Crippen molar-refractivity contribution in [3.05, 3.63) is 47.1 Å². The van der Waals surface area contributed by atoms with E-state index in [2.05, 4.69) is 21.6 Å². The van der Waals surface area contributed by atoms with Gasteiger partial charge >= 0.3 is 6.18 Å². The van der Waals surface area contributed by atoms with Crippen LogP contribution < -0.4 is 4.90 Å². The fraction of sp³-hybridized carbons (Fsp3) is 0.471. The Bertz CT molecular complexity index is 847. The zero-order valence-corrected chi connectivity index (χ0v) is 15.8. The molecule has 6 nitrogen and oxygen atoms in total. The summed E-state index contributed by atoms with van der Waals surface area (Å²) in [6.07, 6.45) is -1.70. The first-order valence-electron chi connectivity index (χ1n) is 8.55. The number of allylic oxidation sites excluding steroid dienone is 1. The zero-order chi connectivity index (χ0) is 19.6. The molecule has 0 spiro atoms. The highest BCUT2D eigenvalue weighted by Gasteiger charge is 2.31. The predicted molar refractivity (Wildman–Crippen MR) is 99.0 cm³/mol. The molecule has 0 saturated carbocycles. The Hall–Kier alpha value is -2.20. The molecule has 1 aliphatic heterocycles. The maximum atomic E-state index is 12.6. The van der Waals surface area contributed by atoms with Crippen LogP contribution >= 0.6 is 12.2 Å². The van der Waals surface area contributed by atoms with Gasteiger partial charge in [-0.1, -0.05) is 6.08 Å². The fourth-order valence-electron chi connectivity index (χ4n) is 3.03. The van der Waals surface area contributed by atoms with Crippen LogP contribution in [0.5, 0.6) is 0 Å². The minimum atomic E-state index is -4.36. The number of alkyl halides is 3. The maximum Gasteiger partial charge on any atom is 0.417 e. The van der Waals surface area contributed by atoms with Gasteiger partial charge in [-0.05, 0) is 31.3 Å². The van der Waals surface area contributed by atoms with E-state index in [0.717, 1.165) is 31.2 Å². The number of pyridine rings is 1. The summed E-state index contributed by atoms with van der Waals surface area (Å²) >= 11 is 5.47. The van der Waals surface area contributed by atoms with E-state index in [4.69, 9.17) is 12.2 Å². The Kier molecular flexibility index (Phi) is 5.66. The second kappa shape index (κ2) is 7.81. The maximum absolute atomic E-state index is 12.6. The van der Waals surface area contributed by atoms with Crippen LogP contribution in [0.25, 0.3) is 0 Å². The van der Waals surface area contributed by atoms with Crippen molar-refractivity contribution in [1.29, 1.82) is 0 Å². The number of aryl methyl sites for hydroxylation is 1. The van der Waals surface area contributed by atoms with E-state index in [0.29, 0.717) is 36.9 Å². The molecule has 3 rings (SSSR count). The van der Waals surface area contributed by atoms with Crippen molar-refractivity contribution in [2.45, 2.75) is 26.3 Å². The summed E-state index contributed by atoms with van der Waals surface area (Å²) in [5.41, 5.74) is -0.732. The third-order valence-electron chi connectivity index (χ3n) is 4.52. The Balaban J connectivity index is 1.60. The van der Waals surface area contributed by atoms with Gasteiger partial charge in [-0.25, -0.2) is 9.67 Å². The zero-order valence-electron chi connectivity index (χ0n) is 15.0. The SMILES string of the molecule is C=CCn1c(C)nn(CN2CCN(c3ccc(C(F)(F)F)cn3)CC2)c1=S. The summed E-state index contributed by atoms with van der Waals surface area (Å²) in [4.78, 5) is 8.16. The van der Waals surface area contributed by atoms with Gasteiger partial charge in [-0.15, -0.1) is 6.58 Å². The van der Waals surface area contributed by atoms with Crippen molar-refractivity contribution in [2.75, 3.05) is 31.1 Å². The van der Waals surface area contributed by atoms with E-state index in [1.54, 1.807) is 10.8 Å². The Labute approximate surface area is 160 Å². The highest BCUT2D eigenvalue weighted by molar-refractivity contribution is 7.71. The van der Waals surface area contributed by atoms with Crippen LogP contribution in [-0.2, 0) is 19.4 Å². The topological polar surface area (TPSA) is 42.1 Å². The van der Waals surface area contributed by atoms with E-state index in [1.807, 2.05) is 16.4 Å².